The highest BCUT2D eigenvalue weighted by molar-refractivity contribution is 5.84. The number of hydrogen-bond donors (Lipinski definition) is 2. The van der Waals surface area contributed by atoms with Gasteiger partial charge in [0, 0.05) is 49.9 Å². The summed E-state index contributed by atoms with van der Waals surface area (Å²) < 4.78 is 2.08. The van der Waals surface area contributed by atoms with Crippen molar-refractivity contribution >= 4 is 5.91 Å². The van der Waals surface area contributed by atoms with Crippen LogP contribution < -0.4 is 10.6 Å². The van der Waals surface area contributed by atoms with Crippen molar-refractivity contribution in [2.75, 3.05) is 19.6 Å². The Balaban J connectivity index is 1.61. The smallest absolute Gasteiger partial charge is 0.225 e. The highest BCUT2D eigenvalue weighted by Gasteiger charge is 2.45. The molecule has 0 aromatic carbocycles. The van der Waals surface area contributed by atoms with Gasteiger partial charge in [-0.1, -0.05) is 6.92 Å². The Labute approximate surface area is 113 Å². The van der Waals surface area contributed by atoms with E-state index < -0.39 is 0 Å². The lowest BCUT2D eigenvalue weighted by molar-refractivity contribution is -0.125. The second-order valence-corrected chi connectivity index (χ2v) is 6.22. The lowest BCUT2D eigenvalue weighted by Crippen LogP contribution is -2.36. The van der Waals surface area contributed by atoms with E-state index in [2.05, 4.69) is 20.2 Å². The zero-order chi connectivity index (χ0) is 13.5. The standard InChI is InChI=1S/C14H22N4O/c1-14(3-4-14)13(19)17-6-10-5-15-7-11(10)12-8-16-9-18(12)2/h8-11,15H,3-7H2,1-2H3,(H,17,19). The van der Waals surface area contributed by atoms with E-state index in [9.17, 15) is 4.79 Å². The van der Waals surface area contributed by atoms with Crippen molar-refractivity contribution in [3.05, 3.63) is 18.2 Å². The van der Waals surface area contributed by atoms with Crippen LogP contribution in [0.3, 0.4) is 0 Å². The number of aromatic nitrogens is 2. The number of aryl methyl sites for hydroxylation is 1. The maximum absolute atomic E-state index is 12.0. The van der Waals surface area contributed by atoms with E-state index >= 15 is 0 Å². The Bertz CT molecular complexity index is 478. The molecule has 1 saturated carbocycles. The van der Waals surface area contributed by atoms with Crippen molar-refractivity contribution < 1.29 is 4.79 Å². The molecule has 1 aliphatic heterocycles. The van der Waals surface area contributed by atoms with Gasteiger partial charge < -0.3 is 15.2 Å². The minimum absolute atomic E-state index is 0.0753. The molecule has 0 radical (unpaired) electrons. The van der Waals surface area contributed by atoms with Crippen molar-refractivity contribution in [2.24, 2.45) is 18.4 Å². The molecule has 5 heteroatoms. The molecule has 2 aliphatic rings. The largest absolute Gasteiger partial charge is 0.355 e. The first-order valence-electron chi connectivity index (χ1n) is 7.05. The van der Waals surface area contributed by atoms with Crippen molar-refractivity contribution in [1.29, 1.82) is 0 Å². The normalized spacial score (nSPS) is 28.3. The Morgan fingerprint density at radius 3 is 3.00 bits per heavy atom. The SMILES string of the molecule is Cn1cncc1C1CNCC1CNC(=O)C1(C)CC1. The zero-order valence-electron chi connectivity index (χ0n) is 11.6. The summed E-state index contributed by atoms with van der Waals surface area (Å²) in [7, 11) is 2.03. The lowest BCUT2D eigenvalue weighted by atomic mass is 9.92. The summed E-state index contributed by atoms with van der Waals surface area (Å²) in [6, 6.07) is 0. The monoisotopic (exact) mass is 262 g/mol. The third kappa shape index (κ3) is 2.39. The van der Waals surface area contributed by atoms with E-state index in [1.807, 2.05) is 26.5 Å². The van der Waals surface area contributed by atoms with E-state index in [0.29, 0.717) is 11.8 Å². The van der Waals surface area contributed by atoms with Crippen LogP contribution in [-0.4, -0.2) is 35.1 Å². The molecule has 5 nitrogen and oxygen atoms in total. The molecule has 1 aromatic heterocycles. The Morgan fingerprint density at radius 2 is 2.37 bits per heavy atom. The molecular weight excluding hydrogens is 240 g/mol. The van der Waals surface area contributed by atoms with Crippen molar-refractivity contribution in [1.82, 2.24) is 20.2 Å². The second kappa shape index (κ2) is 4.63. The summed E-state index contributed by atoms with van der Waals surface area (Å²) in [6.45, 7) is 4.75. The van der Waals surface area contributed by atoms with Crippen LogP contribution in [0.5, 0.6) is 0 Å². The molecule has 2 fully saturated rings. The minimum Gasteiger partial charge on any atom is -0.355 e. The van der Waals surface area contributed by atoms with Crippen LogP contribution in [-0.2, 0) is 11.8 Å². The maximum atomic E-state index is 12.0. The fourth-order valence-electron chi connectivity index (χ4n) is 2.87. The van der Waals surface area contributed by atoms with Crippen LogP contribution >= 0.6 is 0 Å². The third-order valence-electron chi connectivity index (χ3n) is 4.65. The topological polar surface area (TPSA) is 59.0 Å². The van der Waals surface area contributed by atoms with E-state index in [1.54, 1.807) is 0 Å². The Morgan fingerprint density at radius 1 is 1.58 bits per heavy atom. The molecule has 2 unspecified atom stereocenters. The first kappa shape index (κ1) is 12.7. The van der Waals surface area contributed by atoms with E-state index in [4.69, 9.17) is 0 Å². The molecule has 0 bridgehead atoms. The Hall–Kier alpha value is -1.36. The number of nitrogens with one attached hydrogen (secondary N) is 2. The van der Waals surface area contributed by atoms with Crippen LogP contribution in [0.2, 0.25) is 0 Å². The average molecular weight is 262 g/mol. The number of carbonyl (C=O) groups is 1. The minimum atomic E-state index is -0.0753. The molecule has 2 atom stereocenters. The van der Waals surface area contributed by atoms with E-state index in [1.165, 1.54) is 5.69 Å². The van der Waals surface area contributed by atoms with Crippen LogP contribution in [0.4, 0.5) is 0 Å². The van der Waals surface area contributed by atoms with Gasteiger partial charge in [0.2, 0.25) is 5.91 Å². The number of imidazole rings is 1. The van der Waals surface area contributed by atoms with Crippen molar-refractivity contribution in [3.8, 4) is 0 Å². The van der Waals surface area contributed by atoms with Gasteiger partial charge in [0.05, 0.1) is 6.33 Å². The van der Waals surface area contributed by atoms with Gasteiger partial charge in [-0.15, -0.1) is 0 Å². The molecular formula is C14H22N4O. The first-order valence-corrected chi connectivity index (χ1v) is 7.05. The summed E-state index contributed by atoms with van der Waals surface area (Å²) >= 11 is 0. The molecule has 2 N–H and O–H groups in total. The fourth-order valence-corrected chi connectivity index (χ4v) is 2.87. The first-order chi connectivity index (χ1) is 9.10. The number of nitrogens with zero attached hydrogens (tertiary/aromatic N) is 2. The summed E-state index contributed by atoms with van der Waals surface area (Å²) in [4.78, 5) is 16.2. The van der Waals surface area contributed by atoms with Crippen molar-refractivity contribution in [3.63, 3.8) is 0 Å². The molecule has 104 valence electrons. The molecule has 1 saturated heterocycles. The van der Waals surface area contributed by atoms with Gasteiger partial charge in [0.15, 0.2) is 0 Å². The Kier molecular flexibility index (Phi) is 3.09. The fraction of sp³-hybridized carbons (Fsp3) is 0.714. The molecule has 1 aromatic rings. The van der Waals surface area contributed by atoms with Gasteiger partial charge in [-0.2, -0.15) is 0 Å². The van der Waals surface area contributed by atoms with Crippen LogP contribution in [0, 0.1) is 11.3 Å². The van der Waals surface area contributed by atoms with Gasteiger partial charge in [0.25, 0.3) is 0 Å². The summed E-state index contributed by atoms with van der Waals surface area (Å²) in [5.74, 6) is 1.13. The van der Waals surface area contributed by atoms with Gasteiger partial charge in [0.1, 0.15) is 0 Å². The number of hydrogen-bond acceptors (Lipinski definition) is 3. The predicted octanol–water partition coefficient (Wildman–Crippen LogP) is 0.639. The number of amides is 1. The highest BCUT2D eigenvalue weighted by Crippen LogP contribution is 2.45. The molecule has 19 heavy (non-hydrogen) atoms. The van der Waals surface area contributed by atoms with E-state index in [0.717, 1.165) is 32.5 Å². The molecule has 1 amide bonds. The number of rotatable bonds is 4. The molecule has 3 rings (SSSR count). The van der Waals surface area contributed by atoms with Crippen LogP contribution in [0.1, 0.15) is 31.4 Å². The van der Waals surface area contributed by atoms with Gasteiger partial charge >= 0.3 is 0 Å². The molecule has 0 spiro atoms. The summed E-state index contributed by atoms with van der Waals surface area (Å²) in [5.41, 5.74) is 1.18. The second-order valence-electron chi connectivity index (χ2n) is 6.22. The maximum Gasteiger partial charge on any atom is 0.225 e. The lowest BCUT2D eigenvalue weighted by Gasteiger charge is -2.20. The quantitative estimate of drug-likeness (QED) is 0.837. The zero-order valence-corrected chi connectivity index (χ0v) is 11.6. The average Bonchev–Trinajstić information content (AvgIpc) is 2.82. The summed E-state index contributed by atoms with van der Waals surface area (Å²) in [5, 5.41) is 6.55. The van der Waals surface area contributed by atoms with Gasteiger partial charge in [-0.3, -0.25) is 4.79 Å². The predicted molar refractivity (Wildman–Crippen MR) is 72.7 cm³/mol. The molecule has 2 heterocycles. The highest BCUT2D eigenvalue weighted by atomic mass is 16.2. The van der Waals surface area contributed by atoms with Crippen LogP contribution in [0.15, 0.2) is 12.5 Å². The van der Waals surface area contributed by atoms with Gasteiger partial charge in [-0.05, 0) is 18.8 Å². The summed E-state index contributed by atoms with van der Waals surface area (Å²) in [6.07, 6.45) is 5.85. The molecule has 1 aliphatic carbocycles. The number of carbonyl (C=O) groups excluding carboxylic acids is 1. The van der Waals surface area contributed by atoms with Crippen molar-refractivity contribution in [2.45, 2.75) is 25.7 Å². The van der Waals surface area contributed by atoms with Crippen LogP contribution in [0.25, 0.3) is 0 Å². The van der Waals surface area contributed by atoms with Gasteiger partial charge in [-0.25, -0.2) is 4.98 Å². The third-order valence-corrected chi connectivity index (χ3v) is 4.65. The van der Waals surface area contributed by atoms with E-state index in [-0.39, 0.29) is 11.3 Å².